The van der Waals surface area contributed by atoms with Gasteiger partial charge in [-0.25, -0.2) is 38.4 Å². The first-order valence-corrected chi connectivity index (χ1v) is 47.4. The van der Waals surface area contributed by atoms with Crippen LogP contribution in [0.1, 0.15) is 280 Å². The summed E-state index contributed by atoms with van der Waals surface area (Å²) in [6, 6.07) is 24.1. The van der Waals surface area contributed by atoms with Crippen molar-refractivity contribution in [1.82, 2.24) is 42.5 Å². The molecule has 13 rings (SSSR count). The Morgan fingerprint density at radius 2 is 0.303 bits per heavy atom. The van der Waals surface area contributed by atoms with Crippen molar-refractivity contribution < 1.29 is 76.3 Å². The van der Waals surface area contributed by atoms with Crippen molar-refractivity contribution in [2.45, 2.75) is 235 Å². The third-order valence-corrected chi connectivity index (χ3v) is 23.8. The lowest BCUT2D eigenvalue weighted by molar-refractivity contribution is 0.250. The lowest BCUT2D eigenvalue weighted by Gasteiger charge is -2.29. The molecule has 0 saturated carbocycles. The van der Waals surface area contributed by atoms with Gasteiger partial charge < -0.3 is 123 Å². The van der Waals surface area contributed by atoms with Crippen LogP contribution < -0.4 is 123 Å². The number of carbonyl (C=O) groups excluding carboxylic acids is 8. The maximum absolute atomic E-state index is 14.3. The molecule has 16 N–H and O–H groups in total. The van der Waals surface area contributed by atoms with Gasteiger partial charge in [0.15, 0.2) is 46.0 Å². The predicted molar refractivity (Wildman–Crippen MR) is 516 cm³/mol. The lowest BCUT2D eigenvalue weighted by atomic mass is 9.77. The normalized spacial score (nSPS) is 14.6. The van der Waals surface area contributed by atoms with Crippen LogP contribution in [-0.4, -0.2) is 101 Å². The monoisotopic (exact) mass is 1810 g/mol. The fourth-order valence-corrected chi connectivity index (χ4v) is 16.7. The Kier molecular flexibility index (Phi) is 33.2. The van der Waals surface area contributed by atoms with Crippen molar-refractivity contribution in [2.24, 2.45) is 0 Å². The van der Waals surface area contributed by atoms with E-state index in [-0.39, 0.29) is 137 Å². The SMILES string of the molecule is CCCCNC(=O)Nc1cc2c(cc1NC(=O)NCCCC)Oc1cc3c4cc1C(CC)c1cc5c(cc1O2)Oc1cc(NC(=O)NCCCC)c(NC(=O)NCCCC)cc1Oc1cc2c(cc1C5CC)C(CC)c1cc(c(cc1Oc1cc(NC(=O)NCCCC)c(NC(=O)NCCCC)cc1O2)Oc1cc(NC(=O)NCCCC)c(NC(=O)NCCCC)cc1O3)C4CC. The Balaban J connectivity index is 1.18. The Hall–Kier alpha value is -13.7. The van der Waals surface area contributed by atoms with Gasteiger partial charge in [-0.05, 0) is 101 Å². The largest absolute Gasteiger partial charge is 0.453 e. The first-order valence-electron chi connectivity index (χ1n) is 47.4. The Morgan fingerprint density at radius 1 is 0.182 bits per heavy atom. The van der Waals surface area contributed by atoms with Gasteiger partial charge in [-0.15, -0.1) is 0 Å². The number of unbranched alkanes of at least 4 members (excludes halogenated alkanes) is 8. The first kappa shape index (κ1) is 95.9. The van der Waals surface area contributed by atoms with Crippen molar-refractivity contribution in [1.29, 1.82) is 0 Å². The van der Waals surface area contributed by atoms with Crippen LogP contribution in [0, 0.1) is 0 Å². The number of nitrogens with one attached hydrogen (secondary N) is 16. The Morgan fingerprint density at radius 3 is 0.409 bits per heavy atom. The van der Waals surface area contributed by atoms with Crippen LogP contribution in [0.5, 0.6) is 92.0 Å². The van der Waals surface area contributed by atoms with Crippen LogP contribution >= 0.6 is 0 Å². The highest BCUT2D eigenvalue weighted by molar-refractivity contribution is 6.03. The topological polar surface area (TPSA) is 403 Å². The summed E-state index contributed by atoms with van der Waals surface area (Å²) in [5.41, 5.74) is 6.39. The minimum absolute atomic E-state index is 0.0772. The van der Waals surface area contributed by atoms with Gasteiger partial charge in [-0.3, -0.25) is 0 Å². The average molecular weight is 1810 g/mol. The molecule has 32 heteroatoms. The van der Waals surface area contributed by atoms with Gasteiger partial charge in [0, 0.05) is 193 Å². The molecule has 0 radical (unpaired) electrons. The van der Waals surface area contributed by atoms with Crippen LogP contribution in [0.4, 0.5) is 83.9 Å². The van der Waals surface area contributed by atoms with Gasteiger partial charge in [0.05, 0.1) is 45.5 Å². The standard InChI is InChI=1S/C100H128N16O16/c1-13-25-33-101-93(117)109-69-45-85-86(46-70(69)110-94(118)102-34-26-14-2)126-78-54-80-64-42-62(78)57(21-9)61-41-63-58(22-10)65-43-67-60(24-12)68-44-66(59(64)23-11)82(130-90-50-74(114-98(122)106-38-30-18-6)73(49-89(90)128-80)113-97(121)105-37-29-17-5)56-84(68)132-92-52-76(116-100(124)108-40-32-20-8)75(115-99(123)107-39-31-19-7)51-91(92)131-83(67)55-81(65)129-88-48-72(112-96(120)104-36-28-16-4)71(111-95(119)103-35-27-15-3)47-87(88)127-79(63)53-77(61)125-85/h41-60H,13-40H2,1-12H3,(H2,101,109,117)(H2,102,110,118)(H2,103,111,119)(H2,104,112,120)(H2,105,113,121)(H2,106,114,122)(H2,107,115,123)(H2,108,116,124). The smallest absolute Gasteiger partial charge is 0.319 e. The van der Waals surface area contributed by atoms with Gasteiger partial charge >= 0.3 is 48.2 Å². The van der Waals surface area contributed by atoms with E-state index in [0.29, 0.717) is 174 Å². The minimum atomic E-state index is -0.658. The molecule has 16 amide bonds. The zero-order chi connectivity index (χ0) is 93.5. The summed E-state index contributed by atoms with van der Waals surface area (Å²) < 4.78 is 60.4. The van der Waals surface area contributed by atoms with E-state index in [9.17, 15) is 38.4 Å². The molecule has 1 aliphatic carbocycles. The molecule has 0 atom stereocenters. The molecule has 32 nitrogen and oxygen atoms in total. The summed E-state index contributed by atoms with van der Waals surface area (Å²) >= 11 is 0. The second-order valence-electron chi connectivity index (χ2n) is 33.6. The number of urea groups is 8. The fourth-order valence-electron chi connectivity index (χ4n) is 16.7. The highest BCUT2D eigenvalue weighted by Gasteiger charge is 2.40. The van der Waals surface area contributed by atoms with E-state index >= 15 is 0 Å². The highest BCUT2D eigenvalue weighted by atomic mass is 16.5. The van der Waals surface area contributed by atoms with Crippen LogP contribution in [0.15, 0.2) is 97.1 Å². The van der Waals surface area contributed by atoms with E-state index in [4.69, 9.17) is 37.9 Å². The summed E-state index contributed by atoms with van der Waals surface area (Å²) in [6.07, 6.45) is 13.5. The fraction of sp³-hybridized carbons (Fsp3) is 0.440. The molecular formula is C100H128N16O16. The second-order valence-corrected chi connectivity index (χ2v) is 33.6. The third-order valence-electron chi connectivity index (χ3n) is 23.8. The summed E-state index contributed by atoms with van der Waals surface area (Å²) in [5, 5.41) is 47.9. The summed E-state index contributed by atoms with van der Waals surface area (Å²) in [7, 11) is 0. The number of hydrogen-bond acceptors (Lipinski definition) is 16. The molecule has 0 aromatic heterocycles. The van der Waals surface area contributed by atoms with Crippen LogP contribution in [0.2, 0.25) is 0 Å². The van der Waals surface area contributed by atoms with E-state index in [1.165, 1.54) is 0 Å². The van der Waals surface area contributed by atoms with Crippen molar-refractivity contribution in [3.8, 4) is 92.0 Å². The number of anilines is 8. The quantitative estimate of drug-likeness (QED) is 0.0162. The van der Waals surface area contributed by atoms with Crippen LogP contribution in [0.3, 0.4) is 0 Å². The van der Waals surface area contributed by atoms with Crippen LogP contribution in [0.25, 0.3) is 0 Å². The number of amides is 16. The first-order chi connectivity index (χ1) is 64.1. The molecule has 0 spiro atoms. The maximum atomic E-state index is 14.3. The van der Waals surface area contributed by atoms with Gasteiger partial charge in [0.25, 0.3) is 0 Å². The number of hydrogen-bond donors (Lipinski definition) is 16. The predicted octanol–water partition coefficient (Wildman–Crippen LogP) is 25.1. The summed E-state index contributed by atoms with van der Waals surface area (Å²) in [4.78, 5) is 114. The van der Waals surface area contributed by atoms with Crippen molar-refractivity contribution in [3.05, 3.63) is 142 Å². The number of benzene rings is 8. The lowest BCUT2D eigenvalue weighted by Crippen LogP contribution is -2.32. The van der Waals surface area contributed by atoms with Gasteiger partial charge in [-0.1, -0.05) is 134 Å². The van der Waals surface area contributed by atoms with Gasteiger partial charge in [0.2, 0.25) is 0 Å². The molecule has 4 aliphatic heterocycles. The summed E-state index contributed by atoms with van der Waals surface area (Å²) in [6.45, 7) is 27.3. The van der Waals surface area contributed by atoms with Crippen molar-refractivity contribution >= 4 is 93.7 Å². The van der Waals surface area contributed by atoms with E-state index in [1.807, 2.05) is 79.7 Å². The Labute approximate surface area is 772 Å². The summed E-state index contributed by atoms with van der Waals surface area (Å²) in [5.74, 6) is 0.190. The van der Waals surface area contributed by atoms with Crippen molar-refractivity contribution in [2.75, 3.05) is 94.9 Å². The molecule has 0 saturated heterocycles. The van der Waals surface area contributed by atoms with E-state index in [1.54, 1.807) is 48.5 Å². The van der Waals surface area contributed by atoms with Crippen LogP contribution in [-0.2, 0) is 0 Å². The molecule has 8 aromatic rings. The Bertz CT molecular complexity index is 4580. The zero-order valence-corrected chi connectivity index (χ0v) is 77.9. The second kappa shape index (κ2) is 45.7. The minimum Gasteiger partial charge on any atom is -0.453 e. The number of rotatable bonds is 36. The molecule has 0 unspecified atom stereocenters. The molecule has 132 heavy (non-hydrogen) atoms. The van der Waals surface area contributed by atoms with Crippen molar-refractivity contribution in [3.63, 3.8) is 0 Å². The van der Waals surface area contributed by atoms with E-state index in [2.05, 4.69) is 137 Å². The maximum Gasteiger partial charge on any atom is 0.319 e. The number of carbonyl (C=O) groups is 8. The third kappa shape index (κ3) is 23.2. The molecule has 704 valence electrons. The molecule has 5 aliphatic rings. The zero-order valence-electron chi connectivity index (χ0n) is 77.9. The van der Waals surface area contributed by atoms with E-state index in [0.717, 1.165) is 51.4 Å². The number of fused-ring (bicyclic) bond motifs is 4. The molecular weight excluding hydrogens is 1680 g/mol. The highest BCUT2D eigenvalue weighted by Crippen LogP contribution is 2.61. The molecule has 0 fully saturated rings. The number of ether oxygens (including phenoxy) is 8. The average Bonchev–Trinajstić information content (AvgIpc) is 1.47. The molecule has 4 heterocycles. The van der Waals surface area contributed by atoms with Gasteiger partial charge in [-0.2, -0.15) is 0 Å². The molecule has 8 bridgehead atoms. The van der Waals surface area contributed by atoms with E-state index < -0.39 is 71.9 Å². The van der Waals surface area contributed by atoms with Gasteiger partial charge in [0.1, 0.15) is 46.0 Å². The molecule has 8 aromatic carbocycles.